The Labute approximate surface area is 116 Å². The highest BCUT2D eigenvalue weighted by Gasteiger charge is 2.27. The molecule has 1 aliphatic carbocycles. The van der Waals surface area contributed by atoms with Gasteiger partial charge in [0.05, 0.1) is 12.1 Å². The van der Waals surface area contributed by atoms with Crippen molar-refractivity contribution in [3.63, 3.8) is 0 Å². The van der Waals surface area contributed by atoms with E-state index in [1.54, 1.807) is 0 Å². The Balaban J connectivity index is 1.76. The Kier molecular flexibility index (Phi) is 4.87. The van der Waals surface area contributed by atoms with E-state index in [2.05, 4.69) is 27.9 Å². The largest absolute Gasteiger partial charge is 0.454 e. The van der Waals surface area contributed by atoms with Gasteiger partial charge in [0.15, 0.2) is 3.77 Å². The van der Waals surface area contributed by atoms with Crippen molar-refractivity contribution in [2.24, 2.45) is 0 Å². The van der Waals surface area contributed by atoms with E-state index in [0.29, 0.717) is 13.1 Å². The maximum absolute atomic E-state index is 10.4. The highest BCUT2D eigenvalue weighted by Crippen LogP contribution is 2.26. The van der Waals surface area contributed by atoms with Gasteiger partial charge in [-0.2, -0.15) is 0 Å². The van der Waals surface area contributed by atoms with Crippen LogP contribution in [0.1, 0.15) is 44.3 Å². The molecular formula is C13H20INO2. The molecule has 0 spiro atoms. The van der Waals surface area contributed by atoms with Crippen LogP contribution in [-0.2, 0) is 6.54 Å². The molecule has 0 radical (unpaired) electrons. The molecule has 4 heteroatoms. The molecule has 1 saturated carbocycles. The molecule has 0 unspecified atom stereocenters. The molecule has 0 amide bonds. The highest BCUT2D eigenvalue weighted by molar-refractivity contribution is 14.1. The standard InChI is InChI=1S/C13H20INO2/c14-12-6-5-11(17-12)9-15-10-13(16)7-3-1-2-4-8-13/h5-6,15-16H,1-4,7-10H2. The summed E-state index contributed by atoms with van der Waals surface area (Å²) in [5.74, 6) is 0.937. The third-order valence-electron chi connectivity index (χ3n) is 3.42. The molecule has 0 aliphatic heterocycles. The van der Waals surface area contributed by atoms with Crippen LogP contribution in [0.25, 0.3) is 0 Å². The van der Waals surface area contributed by atoms with Crippen LogP contribution in [0, 0.1) is 3.77 Å². The fourth-order valence-corrected chi connectivity index (χ4v) is 2.89. The van der Waals surface area contributed by atoms with Crippen molar-refractivity contribution in [1.82, 2.24) is 5.32 Å². The second-order valence-corrected chi connectivity index (χ2v) is 6.01. The fraction of sp³-hybridized carbons (Fsp3) is 0.692. The molecule has 1 fully saturated rings. The third-order valence-corrected chi connectivity index (χ3v) is 4.00. The lowest BCUT2D eigenvalue weighted by molar-refractivity contribution is 0.0247. The quantitative estimate of drug-likeness (QED) is 0.649. The predicted molar refractivity (Wildman–Crippen MR) is 75.8 cm³/mol. The van der Waals surface area contributed by atoms with Crippen LogP contribution >= 0.6 is 22.6 Å². The van der Waals surface area contributed by atoms with Gasteiger partial charge in [-0.05, 0) is 47.6 Å². The Morgan fingerprint density at radius 3 is 2.53 bits per heavy atom. The Bertz CT molecular complexity index is 343. The molecule has 2 rings (SSSR count). The van der Waals surface area contributed by atoms with Gasteiger partial charge in [-0.1, -0.05) is 25.7 Å². The average molecular weight is 349 g/mol. The average Bonchev–Trinajstić information content (AvgIpc) is 2.58. The molecule has 0 saturated heterocycles. The van der Waals surface area contributed by atoms with Crippen LogP contribution in [0.2, 0.25) is 0 Å². The van der Waals surface area contributed by atoms with Gasteiger partial charge in [0, 0.05) is 6.54 Å². The summed E-state index contributed by atoms with van der Waals surface area (Å²) < 4.78 is 6.38. The third kappa shape index (κ3) is 4.26. The minimum Gasteiger partial charge on any atom is -0.454 e. The lowest BCUT2D eigenvalue weighted by Gasteiger charge is -2.26. The number of hydrogen-bond acceptors (Lipinski definition) is 3. The zero-order chi connectivity index (χ0) is 12.1. The van der Waals surface area contributed by atoms with Gasteiger partial charge in [-0.25, -0.2) is 0 Å². The van der Waals surface area contributed by atoms with Crippen molar-refractivity contribution in [2.45, 2.75) is 50.7 Å². The first kappa shape index (κ1) is 13.4. The summed E-state index contributed by atoms with van der Waals surface area (Å²) in [6.07, 6.45) is 6.68. The van der Waals surface area contributed by atoms with Gasteiger partial charge >= 0.3 is 0 Å². The molecule has 1 aromatic rings. The number of nitrogens with one attached hydrogen (secondary N) is 1. The normalized spacial score (nSPS) is 20.1. The molecule has 1 aromatic heterocycles. The van der Waals surface area contributed by atoms with E-state index in [4.69, 9.17) is 4.42 Å². The van der Waals surface area contributed by atoms with Gasteiger partial charge < -0.3 is 14.8 Å². The summed E-state index contributed by atoms with van der Waals surface area (Å²) in [4.78, 5) is 0. The van der Waals surface area contributed by atoms with E-state index < -0.39 is 5.60 Å². The predicted octanol–water partition coefficient (Wildman–Crippen LogP) is 3.06. The molecule has 2 N–H and O–H groups in total. The second-order valence-electron chi connectivity index (χ2n) is 4.95. The molecule has 1 aliphatic rings. The summed E-state index contributed by atoms with van der Waals surface area (Å²) in [6.45, 7) is 1.37. The fourth-order valence-electron chi connectivity index (χ4n) is 2.43. The summed E-state index contributed by atoms with van der Waals surface area (Å²) in [5, 5.41) is 13.7. The maximum atomic E-state index is 10.4. The Morgan fingerprint density at radius 1 is 1.24 bits per heavy atom. The van der Waals surface area contributed by atoms with Crippen molar-refractivity contribution in [3.8, 4) is 0 Å². The van der Waals surface area contributed by atoms with Crippen LogP contribution in [0.3, 0.4) is 0 Å². The lowest BCUT2D eigenvalue weighted by Crippen LogP contribution is -2.39. The number of rotatable bonds is 4. The molecule has 1 heterocycles. The van der Waals surface area contributed by atoms with Gasteiger partial charge in [-0.15, -0.1) is 0 Å². The summed E-state index contributed by atoms with van der Waals surface area (Å²) in [6, 6.07) is 3.93. The monoisotopic (exact) mass is 349 g/mol. The first-order valence-corrected chi connectivity index (χ1v) is 7.43. The van der Waals surface area contributed by atoms with E-state index in [9.17, 15) is 5.11 Å². The van der Waals surface area contributed by atoms with Gasteiger partial charge in [0.2, 0.25) is 0 Å². The zero-order valence-electron chi connectivity index (χ0n) is 10.0. The van der Waals surface area contributed by atoms with Crippen LogP contribution in [0.15, 0.2) is 16.5 Å². The molecular weight excluding hydrogens is 329 g/mol. The van der Waals surface area contributed by atoms with Gasteiger partial charge in [0.1, 0.15) is 5.76 Å². The summed E-state index contributed by atoms with van der Waals surface area (Å²) in [7, 11) is 0. The van der Waals surface area contributed by atoms with E-state index in [0.717, 1.165) is 35.2 Å². The molecule has 0 bridgehead atoms. The zero-order valence-corrected chi connectivity index (χ0v) is 12.2. The van der Waals surface area contributed by atoms with E-state index in [1.807, 2.05) is 12.1 Å². The smallest absolute Gasteiger partial charge is 0.164 e. The van der Waals surface area contributed by atoms with Crippen LogP contribution < -0.4 is 5.32 Å². The first-order chi connectivity index (χ1) is 8.18. The minimum absolute atomic E-state index is 0.504. The minimum atomic E-state index is -0.504. The highest BCUT2D eigenvalue weighted by atomic mass is 127. The molecule has 0 atom stereocenters. The van der Waals surface area contributed by atoms with Crippen LogP contribution in [0.5, 0.6) is 0 Å². The van der Waals surface area contributed by atoms with Crippen molar-refractivity contribution < 1.29 is 9.52 Å². The number of furan rings is 1. The first-order valence-electron chi connectivity index (χ1n) is 6.35. The van der Waals surface area contributed by atoms with Crippen molar-refractivity contribution in [1.29, 1.82) is 0 Å². The van der Waals surface area contributed by atoms with Crippen LogP contribution in [0.4, 0.5) is 0 Å². The summed E-state index contributed by atoms with van der Waals surface area (Å²) in [5.41, 5.74) is -0.504. The second kappa shape index (κ2) is 6.20. The van der Waals surface area contributed by atoms with Crippen molar-refractivity contribution in [2.75, 3.05) is 6.54 Å². The van der Waals surface area contributed by atoms with E-state index >= 15 is 0 Å². The molecule has 0 aromatic carbocycles. The maximum Gasteiger partial charge on any atom is 0.164 e. The van der Waals surface area contributed by atoms with Crippen molar-refractivity contribution >= 4 is 22.6 Å². The lowest BCUT2D eigenvalue weighted by atomic mass is 9.94. The SMILES string of the molecule is OC1(CNCc2ccc(I)o2)CCCCCC1. The topological polar surface area (TPSA) is 45.4 Å². The Hall–Kier alpha value is -0.0700. The summed E-state index contributed by atoms with van der Waals surface area (Å²) >= 11 is 2.16. The van der Waals surface area contributed by atoms with Crippen molar-refractivity contribution in [3.05, 3.63) is 21.7 Å². The molecule has 3 nitrogen and oxygen atoms in total. The molecule has 17 heavy (non-hydrogen) atoms. The van der Waals surface area contributed by atoms with Gasteiger partial charge in [-0.3, -0.25) is 0 Å². The number of halogens is 1. The van der Waals surface area contributed by atoms with Gasteiger partial charge in [0.25, 0.3) is 0 Å². The van der Waals surface area contributed by atoms with E-state index in [-0.39, 0.29) is 0 Å². The van der Waals surface area contributed by atoms with Crippen LogP contribution in [-0.4, -0.2) is 17.3 Å². The number of aliphatic hydroxyl groups is 1. The Morgan fingerprint density at radius 2 is 1.94 bits per heavy atom. The number of hydrogen-bond donors (Lipinski definition) is 2. The molecule has 96 valence electrons. The van der Waals surface area contributed by atoms with E-state index in [1.165, 1.54) is 12.8 Å².